The molecule has 0 atom stereocenters. The molecule has 2 rings (SSSR count). The molecule has 1 heterocycles. The van der Waals surface area contributed by atoms with E-state index in [-0.39, 0.29) is 19.4 Å². The summed E-state index contributed by atoms with van der Waals surface area (Å²) in [5.41, 5.74) is 0. The average Bonchev–Trinajstić information content (AvgIpc) is 2.43. The van der Waals surface area contributed by atoms with E-state index in [1.807, 2.05) is 0 Å². The zero-order valence-corrected chi connectivity index (χ0v) is 13.1. The number of rotatable bonds is 2. The summed E-state index contributed by atoms with van der Waals surface area (Å²) >= 11 is -0.169. The van der Waals surface area contributed by atoms with Gasteiger partial charge in [0.1, 0.15) is 0 Å². The molecule has 0 unspecified atom stereocenters. The van der Waals surface area contributed by atoms with Crippen molar-refractivity contribution in [1.29, 1.82) is 0 Å². The van der Waals surface area contributed by atoms with E-state index in [2.05, 4.69) is 49.7 Å². The molecule has 1 aliphatic rings. The molecule has 1 saturated heterocycles. The Balaban J connectivity index is 1.81. The van der Waals surface area contributed by atoms with Gasteiger partial charge >= 0.3 is 125 Å². The molecule has 1 aliphatic heterocycles. The topological polar surface area (TPSA) is 39.3 Å². The van der Waals surface area contributed by atoms with Crippen molar-refractivity contribution in [2.75, 3.05) is 52.4 Å². The fraction of sp³-hybridized carbons (Fsp3) is 0.571. The molecule has 0 aromatic heterocycles. The second-order valence-corrected chi connectivity index (χ2v) is 6.95. The van der Waals surface area contributed by atoms with E-state index in [4.69, 9.17) is 0 Å². The molecule has 104 valence electrons. The maximum atomic E-state index is 3.51. The molecule has 19 heavy (non-hydrogen) atoms. The summed E-state index contributed by atoms with van der Waals surface area (Å²) < 4.78 is 4.17. The molecule has 1 aromatic rings. The van der Waals surface area contributed by atoms with Crippen LogP contribution in [0.15, 0.2) is 30.3 Å². The monoisotopic (exact) mass is 296 g/mol. The standard InChI is InChI=1S/C8H19N4.C6H5.Ti/c1-2-10-5-6-12-8-7-11-4-3-9-1;1-2-4-6-5-3-1;/h9-11H,1-8H2;1-5H;/q-1;;+1. The molecule has 0 saturated carbocycles. The van der Waals surface area contributed by atoms with Crippen LogP contribution in [0, 0.1) is 0 Å². The zero-order chi connectivity index (χ0) is 13.2. The third-order valence-electron chi connectivity index (χ3n) is 3.14. The SMILES string of the molecule is c1cc[c]([Ti][N]2CCNCCNCCNCC2)cc1. The Morgan fingerprint density at radius 1 is 0.737 bits per heavy atom. The van der Waals surface area contributed by atoms with Crippen molar-refractivity contribution in [3.63, 3.8) is 0 Å². The van der Waals surface area contributed by atoms with Crippen LogP contribution in [0.2, 0.25) is 0 Å². The summed E-state index contributed by atoms with van der Waals surface area (Å²) in [6.07, 6.45) is 0. The minimum atomic E-state index is -0.169. The Morgan fingerprint density at radius 3 is 1.84 bits per heavy atom. The normalized spacial score (nSPS) is 20.2. The van der Waals surface area contributed by atoms with Gasteiger partial charge in [-0.15, -0.1) is 0 Å². The zero-order valence-electron chi connectivity index (χ0n) is 11.5. The summed E-state index contributed by atoms with van der Waals surface area (Å²) in [7, 11) is 0. The van der Waals surface area contributed by atoms with E-state index in [1.54, 1.807) is 0 Å². The van der Waals surface area contributed by atoms with Gasteiger partial charge < -0.3 is 0 Å². The van der Waals surface area contributed by atoms with Crippen LogP contribution in [0.3, 0.4) is 0 Å². The number of nitrogens with zero attached hydrogens (tertiary/aromatic N) is 1. The first-order valence-corrected chi connectivity index (χ1v) is 8.62. The van der Waals surface area contributed by atoms with Crippen LogP contribution < -0.4 is 19.8 Å². The first-order chi connectivity index (χ1) is 9.45. The fourth-order valence-corrected chi connectivity index (χ4v) is 3.88. The molecule has 0 spiro atoms. The summed E-state index contributed by atoms with van der Waals surface area (Å²) in [4.78, 5) is 0. The molecule has 0 amide bonds. The van der Waals surface area contributed by atoms with Crippen LogP contribution >= 0.6 is 0 Å². The van der Waals surface area contributed by atoms with Crippen LogP contribution in [0.1, 0.15) is 0 Å². The molecular weight excluding hydrogens is 272 g/mol. The summed E-state index contributed by atoms with van der Waals surface area (Å²) in [5.74, 6) is 0. The van der Waals surface area contributed by atoms with Crippen LogP contribution in [-0.4, -0.2) is 55.7 Å². The number of nitrogens with one attached hydrogen (secondary N) is 3. The van der Waals surface area contributed by atoms with E-state index < -0.39 is 0 Å². The average molecular weight is 296 g/mol. The summed E-state index contributed by atoms with van der Waals surface area (Å²) in [6.45, 7) is 8.79. The Kier molecular flexibility index (Phi) is 7.70. The van der Waals surface area contributed by atoms with Crippen LogP contribution in [0.4, 0.5) is 0 Å². The van der Waals surface area contributed by atoms with Gasteiger partial charge in [-0.05, 0) is 0 Å². The van der Waals surface area contributed by atoms with Crippen molar-refractivity contribution in [3.05, 3.63) is 30.3 Å². The van der Waals surface area contributed by atoms with E-state index in [0.29, 0.717) is 0 Å². The predicted octanol–water partition coefficient (Wildman–Crippen LogP) is -0.606. The maximum absolute atomic E-state index is 3.51. The molecular formula is C14H24N4Ti. The number of hydrogen-bond donors (Lipinski definition) is 3. The Morgan fingerprint density at radius 2 is 1.26 bits per heavy atom. The van der Waals surface area contributed by atoms with Gasteiger partial charge in [-0.2, -0.15) is 0 Å². The number of benzene rings is 1. The molecule has 1 fully saturated rings. The van der Waals surface area contributed by atoms with Crippen molar-refractivity contribution < 1.29 is 19.4 Å². The Hall–Kier alpha value is -0.226. The fourth-order valence-electron chi connectivity index (χ4n) is 2.08. The van der Waals surface area contributed by atoms with Crippen molar-refractivity contribution in [3.8, 4) is 0 Å². The third-order valence-corrected chi connectivity index (χ3v) is 5.25. The predicted molar refractivity (Wildman–Crippen MR) is 76.3 cm³/mol. The van der Waals surface area contributed by atoms with Gasteiger partial charge in [-0.25, -0.2) is 0 Å². The quantitative estimate of drug-likeness (QED) is 0.637. The van der Waals surface area contributed by atoms with Crippen LogP contribution in [0.25, 0.3) is 0 Å². The third kappa shape index (κ3) is 6.66. The molecule has 1 aromatic carbocycles. The van der Waals surface area contributed by atoms with Gasteiger partial charge in [0.05, 0.1) is 0 Å². The molecule has 3 N–H and O–H groups in total. The number of hydrogen-bond acceptors (Lipinski definition) is 4. The first kappa shape index (κ1) is 15.2. The van der Waals surface area contributed by atoms with Gasteiger partial charge in [0.25, 0.3) is 0 Å². The second kappa shape index (κ2) is 9.64. The minimum absolute atomic E-state index is 0.169. The summed E-state index contributed by atoms with van der Waals surface area (Å²) in [5, 5.41) is 10.5. The molecule has 0 radical (unpaired) electrons. The van der Waals surface area contributed by atoms with E-state index >= 15 is 0 Å². The molecule has 0 bridgehead atoms. The Labute approximate surface area is 125 Å². The molecule has 5 heteroatoms. The van der Waals surface area contributed by atoms with E-state index in [0.717, 1.165) is 52.4 Å². The molecule has 4 nitrogen and oxygen atoms in total. The van der Waals surface area contributed by atoms with Crippen LogP contribution in [-0.2, 0) is 19.4 Å². The first-order valence-electron chi connectivity index (χ1n) is 7.14. The molecule has 0 aliphatic carbocycles. The van der Waals surface area contributed by atoms with Gasteiger partial charge in [0.2, 0.25) is 0 Å². The van der Waals surface area contributed by atoms with Crippen molar-refractivity contribution in [2.24, 2.45) is 0 Å². The van der Waals surface area contributed by atoms with Crippen molar-refractivity contribution in [2.45, 2.75) is 0 Å². The van der Waals surface area contributed by atoms with Crippen molar-refractivity contribution >= 4 is 3.87 Å². The van der Waals surface area contributed by atoms with Crippen molar-refractivity contribution in [1.82, 2.24) is 19.3 Å². The van der Waals surface area contributed by atoms with Gasteiger partial charge in [-0.3, -0.25) is 0 Å². The summed E-state index contributed by atoms with van der Waals surface area (Å²) in [6, 6.07) is 10.9. The van der Waals surface area contributed by atoms with Gasteiger partial charge in [-0.1, -0.05) is 0 Å². The van der Waals surface area contributed by atoms with Gasteiger partial charge in [0.15, 0.2) is 0 Å². The van der Waals surface area contributed by atoms with Crippen LogP contribution in [0.5, 0.6) is 0 Å². The van der Waals surface area contributed by atoms with E-state index in [1.165, 1.54) is 3.87 Å². The van der Waals surface area contributed by atoms with Gasteiger partial charge in [0, 0.05) is 0 Å². The second-order valence-electron chi connectivity index (χ2n) is 4.71. The Bertz CT molecular complexity index is 321. The van der Waals surface area contributed by atoms with E-state index in [9.17, 15) is 0 Å².